The maximum atomic E-state index is 10.6. The molecule has 0 bridgehead atoms. The summed E-state index contributed by atoms with van der Waals surface area (Å²) in [6.45, 7) is 6.01. The molecule has 1 heterocycles. The highest BCUT2D eigenvalue weighted by atomic mass is 16.3. The van der Waals surface area contributed by atoms with Crippen molar-refractivity contribution < 1.29 is 10.2 Å². The zero-order valence-electron chi connectivity index (χ0n) is 12.2. The van der Waals surface area contributed by atoms with Crippen molar-refractivity contribution in [3.8, 4) is 5.75 Å². The molecule has 2 unspecified atom stereocenters. The van der Waals surface area contributed by atoms with Gasteiger partial charge in [0.05, 0.1) is 11.3 Å². The molecule has 0 saturated heterocycles. The number of aliphatic hydroxyl groups is 1. The molecule has 20 heavy (non-hydrogen) atoms. The first-order chi connectivity index (χ1) is 9.42. The average molecular weight is 274 g/mol. The fourth-order valence-corrected chi connectivity index (χ4v) is 2.18. The molecule has 0 aliphatic rings. The molecule has 2 rings (SSSR count). The van der Waals surface area contributed by atoms with Gasteiger partial charge in [-0.25, -0.2) is 0 Å². The summed E-state index contributed by atoms with van der Waals surface area (Å²) in [6, 6.07) is 8.95. The van der Waals surface area contributed by atoms with Gasteiger partial charge in [0, 0.05) is 18.7 Å². The Kier molecular flexibility index (Phi) is 4.14. The van der Waals surface area contributed by atoms with Gasteiger partial charge in [-0.2, -0.15) is 5.10 Å². The summed E-state index contributed by atoms with van der Waals surface area (Å²) >= 11 is 0. The maximum Gasteiger partial charge on any atom is 0.115 e. The van der Waals surface area contributed by atoms with Gasteiger partial charge in [-0.3, -0.25) is 4.68 Å². The van der Waals surface area contributed by atoms with E-state index in [0.717, 1.165) is 17.7 Å². The Labute approximate surface area is 119 Å². The van der Waals surface area contributed by atoms with Gasteiger partial charge in [0.25, 0.3) is 0 Å². The lowest BCUT2D eigenvalue weighted by Crippen LogP contribution is -2.24. The van der Waals surface area contributed by atoms with E-state index in [1.54, 1.807) is 31.2 Å². The van der Waals surface area contributed by atoms with Crippen LogP contribution in [0.4, 0.5) is 0 Å². The molecule has 1 aromatic heterocycles. The largest absolute Gasteiger partial charge is 0.508 e. The average Bonchev–Trinajstić information content (AvgIpc) is 2.86. The molecule has 108 valence electrons. The molecule has 1 aromatic carbocycles. The Hall–Kier alpha value is -1.81. The molecule has 0 radical (unpaired) electrons. The smallest absolute Gasteiger partial charge is 0.115 e. The summed E-state index contributed by atoms with van der Waals surface area (Å²) in [6.07, 6.45) is 3.42. The monoisotopic (exact) mass is 274 g/mol. The van der Waals surface area contributed by atoms with E-state index in [-0.39, 0.29) is 5.75 Å². The Morgan fingerprint density at radius 1 is 1.25 bits per heavy atom. The molecule has 2 atom stereocenters. The van der Waals surface area contributed by atoms with Crippen molar-refractivity contribution in [1.82, 2.24) is 9.78 Å². The molecule has 0 amide bonds. The molecule has 0 fully saturated rings. The standard InChI is InChI=1S/C16H22N2O2/c1-4-12(2)18-10-9-14(17-18)11-16(3,20)13-5-7-15(19)8-6-13/h5-10,12,19-20H,4,11H2,1-3H3. The van der Waals surface area contributed by atoms with Crippen molar-refractivity contribution in [2.75, 3.05) is 0 Å². The number of benzene rings is 1. The quantitative estimate of drug-likeness (QED) is 0.881. The van der Waals surface area contributed by atoms with Crippen LogP contribution >= 0.6 is 0 Å². The highest BCUT2D eigenvalue weighted by molar-refractivity contribution is 5.30. The van der Waals surface area contributed by atoms with E-state index in [1.165, 1.54) is 0 Å². The van der Waals surface area contributed by atoms with Crippen LogP contribution in [0.5, 0.6) is 5.75 Å². The van der Waals surface area contributed by atoms with Crippen LogP contribution in [0, 0.1) is 0 Å². The van der Waals surface area contributed by atoms with Gasteiger partial charge in [-0.05, 0) is 44.0 Å². The van der Waals surface area contributed by atoms with Crippen LogP contribution in [0.2, 0.25) is 0 Å². The highest BCUT2D eigenvalue weighted by Gasteiger charge is 2.25. The molecule has 2 aromatic rings. The number of phenols is 1. The lowest BCUT2D eigenvalue weighted by atomic mass is 9.91. The number of phenolic OH excluding ortho intramolecular Hbond substituents is 1. The number of rotatable bonds is 5. The van der Waals surface area contributed by atoms with Gasteiger partial charge in [0.2, 0.25) is 0 Å². The van der Waals surface area contributed by atoms with Crippen molar-refractivity contribution in [3.63, 3.8) is 0 Å². The molecular weight excluding hydrogens is 252 g/mol. The van der Waals surface area contributed by atoms with Gasteiger partial charge in [0.1, 0.15) is 5.75 Å². The Bertz CT molecular complexity index is 558. The van der Waals surface area contributed by atoms with E-state index in [2.05, 4.69) is 18.9 Å². The second-order valence-corrected chi connectivity index (χ2v) is 5.54. The van der Waals surface area contributed by atoms with Gasteiger partial charge in [0.15, 0.2) is 0 Å². The Morgan fingerprint density at radius 2 is 1.90 bits per heavy atom. The molecule has 0 aliphatic carbocycles. The van der Waals surface area contributed by atoms with Crippen LogP contribution in [0.1, 0.15) is 44.5 Å². The van der Waals surface area contributed by atoms with Gasteiger partial charge >= 0.3 is 0 Å². The fraction of sp³-hybridized carbons (Fsp3) is 0.438. The van der Waals surface area contributed by atoms with Crippen molar-refractivity contribution >= 4 is 0 Å². The van der Waals surface area contributed by atoms with Crippen LogP contribution in [0.15, 0.2) is 36.5 Å². The van der Waals surface area contributed by atoms with Crippen molar-refractivity contribution in [2.45, 2.75) is 45.3 Å². The first-order valence-electron chi connectivity index (χ1n) is 6.98. The number of nitrogens with zero attached hydrogens (tertiary/aromatic N) is 2. The van der Waals surface area contributed by atoms with E-state index < -0.39 is 5.60 Å². The minimum Gasteiger partial charge on any atom is -0.508 e. The molecule has 4 nitrogen and oxygen atoms in total. The summed E-state index contributed by atoms with van der Waals surface area (Å²) in [5.74, 6) is 0.200. The summed E-state index contributed by atoms with van der Waals surface area (Å²) in [4.78, 5) is 0. The number of hydrogen-bond donors (Lipinski definition) is 2. The lowest BCUT2D eigenvalue weighted by molar-refractivity contribution is 0.0563. The molecule has 2 N–H and O–H groups in total. The van der Waals surface area contributed by atoms with E-state index >= 15 is 0 Å². The third-order valence-corrected chi connectivity index (χ3v) is 3.72. The van der Waals surface area contributed by atoms with Crippen LogP contribution in [0.3, 0.4) is 0 Å². The SMILES string of the molecule is CCC(C)n1ccc(CC(C)(O)c2ccc(O)cc2)n1. The topological polar surface area (TPSA) is 58.3 Å². The molecule has 0 saturated carbocycles. The predicted molar refractivity (Wildman–Crippen MR) is 78.6 cm³/mol. The van der Waals surface area contributed by atoms with E-state index in [0.29, 0.717) is 12.5 Å². The van der Waals surface area contributed by atoms with Gasteiger partial charge < -0.3 is 10.2 Å². The zero-order valence-corrected chi connectivity index (χ0v) is 12.2. The first-order valence-corrected chi connectivity index (χ1v) is 6.98. The third kappa shape index (κ3) is 3.20. The van der Waals surface area contributed by atoms with E-state index in [1.807, 2.05) is 16.9 Å². The van der Waals surface area contributed by atoms with Crippen LogP contribution in [-0.4, -0.2) is 20.0 Å². The molecule has 0 spiro atoms. The summed E-state index contributed by atoms with van der Waals surface area (Å²) in [7, 11) is 0. The van der Waals surface area contributed by atoms with Crippen LogP contribution in [-0.2, 0) is 12.0 Å². The highest BCUT2D eigenvalue weighted by Crippen LogP contribution is 2.26. The number of aromatic hydroxyl groups is 1. The lowest BCUT2D eigenvalue weighted by Gasteiger charge is -2.23. The second kappa shape index (κ2) is 5.67. The third-order valence-electron chi connectivity index (χ3n) is 3.72. The van der Waals surface area contributed by atoms with Crippen molar-refractivity contribution in [2.24, 2.45) is 0 Å². The van der Waals surface area contributed by atoms with Crippen LogP contribution in [0.25, 0.3) is 0 Å². The molecule has 4 heteroatoms. The van der Waals surface area contributed by atoms with Gasteiger partial charge in [-0.1, -0.05) is 19.1 Å². The summed E-state index contributed by atoms with van der Waals surface area (Å²) in [5.41, 5.74) is 0.638. The predicted octanol–water partition coefficient (Wildman–Crippen LogP) is 3.01. The number of hydrogen-bond acceptors (Lipinski definition) is 3. The Balaban J connectivity index is 2.15. The minimum atomic E-state index is -0.998. The van der Waals surface area contributed by atoms with Crippen LogP contribution < -0.4 is 0 Å². The first kappa shape index (κ1) is 14.6. The van der Waals surface area contributed by atoms with Crippen molar-refractivity contribution in [1.29, 1.82) is 0 Å². The Morgan fingerprint density at radius 3 is 2.50 bits per heavy atom. The molecular formula is C16H22N2O2. The maximum absolute atomic E-state index is 10.6. The number of aromatic nitrogens is 2. The minimum absolute atomic E-state index is 0.200. The van der Waals surface area contributed by atoms with E-state index in [9.17, 15) is 10.2 Å². The van der Waals surface area contributed by atoms with Crippen molar-refractivity contribution in [3.05, 3.63) is 47.8 Å². The second-order valence-electron chi connectivity index (χ2n) is 5.54. The van der Waals surface area contributed by atoms with Gasteiger partial charge in [-0.15, -0.1) is 0 Å². The summed E-state index contributed by atoms with van der Waals surface area (Å²) in [5, 5.41) is 24.4. The molecule has 0 aliphatic heterocycles. The fourth-order valence-electron chi connectivity index (χ4n) is 2.18. The normalized spacial score (nSPS) is 15.8. The zero-order chi connectivity index (χ0) is 14.8. The summed E-state index contributed by atoms with van der Waals surface area (Å²) < 4.78 is 1.93. The van der Waals surface area contributed by atoms with E-state index in [4.69, 9.17) is 0 Å².